The highest BCUT2D eigenvalue weighted by molar-refractivity contribution is 8.26. The molecule has 0 atom stereocenters. The third-order valence-electron chi connectivity index (χ3n) is 7.91. The average Bonchev–Trinajstić information content (AvgIpc) is 3.59. The topological polar surface area (TPSA) is 82.5 Å². The zero-order valence-electron chi connectivity index (χ0n) is 23.5. The first-order chi connectivity index (χ1) is 19.9. The van der Waals surface area contributed by atoms with Crippen LogP contribution in [-0.2, 0) is 24.3 Å². The van der Waals surface area contributed by atoms with Crippen LogP contribution in [0.2, 0.25) is 0 Å². The van der Waals surface area contributed by atoms with Crippen molar-refractivity contribution in [2.75, 3.05) is 18.0 Å². The highest BCUT2D eigenvalue weighted by atomic mass is 32.2. The zero-order chi connectivity index (χ0) is 28.9. The number of carbonyl (C=O) groups excluding carboxylic acids is 1. The number of amides is 1. The van der Waals surface area contributed by atoms with E-state index in [1.807, 2.05) is 25.1 Å². The number of hydrogen-bond acceptors (Lipinski definition) is 7. The van der Waals surface area contributed by atoms with Crippen molar-refractivity contribution < 1.29 is 9.21 Å². The number of rotatable bonds is 9. The number of hydrogen-bond donors (Lipinski definition) is 0. The molecule has 41 heavy (non-hydrogen) atoms. The molecule has 3 aromatic rings. The van der Waals surface area contributed by atoms with Crippen molar-refractivity contribution in [1.29, 1.82) is 5.26 Å². The Morgan fingerprint density at radius 2 is 1.90 bits per heavy atom. The second-order valence-electron chi connectivity index (χ2n) is 10.6. The average molecular weight is 587 g/mol. The van der Waals surface area contributed by atoms with Crippen molar-refractivity contribution in [3.05, 3.63) is 92.0 Å². The molecule has 5 rings (SSSR count). The third-order valence-corrected chi connectivity index (χ3v) is 9.28. The van der Waals surface area contributed by atoms with E-state index >= 15 is 0 Å². The molecule has 0 N–H and O–H groups in total. The SMILES string of the molecule is CCCCn1c(N2CCC(Cc3ccccc3)CC2)c(/C=C2\SC(=S)N(Cc3ccco3)C2=O)c(C)c(C#N)c1=O. The number of furan rings is 1. The van der Waals surface area contributed by atoms with Gasteiger partial charge in [-0.15, -0.1) is 0 Å². The summed E-state index contributed by atoms with van der Waals surface area (Å²) in [7, 11) is 0. The molecule has 2 saturated heterocycles. The van der Waals surface area contributed by atoms with Crippen LogP contribution in [-0.4, -0.2) is 32.8 Å². The molecule has 0 aliphatic carbocycles. The number of anilines is 1. The van der Waals surface area contributed by atoms with Crippen LogP contribution in [0.4, 0.5) is 5.82 Å². The molecule has 2 aliphatic heterocycles. The summed E-state index contributed by atoms with van der Waals surface area (Å²) in [6.45, 7) is 6.28. The largest absolute Gasteiger partial charge is 0.467 e. The lowest BCUT2D eigenvalue weighted by molar-refractivity contribution is -0.122. The number of thiocarbonyl (C=S) groups is 1. The Bertz CT molecular complexity index is 1550. The number of nitrogens with zero attached hydrogens (tertiary/aromatic N) is 4. The fourth-order valence-corrected chi connectivity index (χ4v) is 6.87. The molecule has 7 nitrogen and oxygen atoms in total. The monoisotopic (exact) mass is 586 g/mol. The summed E-state index contributed by atoms with van der Waals surface area (Å²) in [5, 5.41) is 9.98. The van der Waals surface area contributed by atoms with Gasteiger partial charge in [0, 0.05) is 25.2 Å². The highest BCUT2D eigenvalue weighted by Gasteiger charge is 2.34. The number of unbranched alkanes of at least 4 members (excludes halogenated alkanes) is 1. The maximum Gasteiger partial charge on any atom is 0.270 e. The fraction of sp³-hybridized carbons (Fsp3) is 0.375. The van der Waals surface area contributed by atoms with E-state index in [1.54, 1.807) is 16.9 Å². The normalized spacial score (nSPS) is 17.0. The minimum absolute atomic E-state index is 0.126. The molecule has 9 heteroatoms. The quantitative estimate of drug-likeness (QED) is 0.216. The van der Waals surface area contributed by atoms with Gasteiger partial charge in [-0.1, -0.05) is 67.7 Å². The van der Waals surface area contributed by atoms with Crippen LogP contribution < -0.4 is 10.5 Å². The Morgan fingerprint density at radius 3 is 2.56 bits per heavy atom. The maximum atomic E-state index is 13.6. The van der Waals surface area contributed by atoms with Gasteiger partial charge in [-0.3, -0.25) is 19.1 Å². The smallest absolute Gasteiger partial charge is 0.270 e. The molecule has 2 aliphatic rings. The first kappa shape index (κ1) is 28.9. The minimum atomic E-state index is -0.262. The van der Waals surface area contributed by atoms with Crippen LogP contribution in [0.25, 0.3) is 6.08 Å². The Labute approximate surface area is 250 Å². The summed E-state index contributed by atoms with van der Waals surface area (Å²) in [6.07, 6.45) is 8.18. The molecule has 0 radical (unpaired) electrons. The van der Waals surface area contributed by atoms with Crippen LogP contribution in [0.15, 0.2) is 62.8 Å². The molecular weight excluding hydrogens is 553 g/mol. The van der Waals surface area contributed by atoms with Crippen molar-refractivity contribution in [2.24, 2.45) is 5.92 Å². The molecule has 1 amide bonds. The molecular formula is C32H34N4O3S2. The molecule has 0 spiro atoms. The van der Waals surface area contributed by atoms with Crippen LogP contribution in [0.5, 0.6) is 0 Å². The molecule has 4 heterocycles. The Kier molecular flexibility index (Phi) is 9.11. The number of piperidine rings is 1. The maximum absolute atomic E-state index is 13.6. The molecule has 0 bridgehead atoms. The van der Waals surface area contributed by atoms with E-state index in [4.69, 9.17) is 16.6 Å². The van der Waals surface area contributed by atoms with E-state index in [0.29, 0.717) is 33.0 Å². The van der Waals surface area contributed by atoms with Crippen LogP contribution in [0, 0.1) is 24.2 Å². The lowest BCUT2D eigenvalue weighted by Gasteiger charge is -2.36. The van der Waals surface area contributed by atoms with Gasteiger partial charge < -0.3 is 9.32 Å². The minimum Gasteiger partial charge on any atom is -0.467 e. The Morgan fingerprint density at radius 1 is 1.15 bits per heavy atom. The van der Waals surface area contributed by atoms with Crippen molar-refractivity contribution >= 4 is 46.1 Å². The van der Waals surface area contributed by atoms with E-state index in [-0.39, 0.29) is 23.6 Å². The van der Waals surface area contributed by atoms with E-state index in [1.165, 1.54) is 22.2 Å². The number of nitriles is 1. The molecule has 212 valence electrons. The molecule has 1 aromatic carbocycles. The van der Waals surface area contributed by atoms with Crippen LogP contribution in [0.1, 0.15) is 60.6 Å². The summed E-state index contributed by atoms with van der Waals surface area (Å²) >= 11 is 6.81. The second-order valence-corrected chi connectivity index (χ2v) is 12.3. The summed E-state index contributed by atoms with van der Waals surface area (Å²) < 4.78 is 7.67. The second kappa shape index (κ2) is 12.9. The predicted octanol–water partition coefficient (Wildman–Crippen LogP) is 6.28. The standard InChI is InChI=1S/C32H34N4O3S2/c1-3-4-14-35-29(34-15-12-24(13-16-34)18-23-9-6-5-7-10-23)26(22(2)27(20-33)30(35)37)19-28-31(38)36(32(40)41-28)21-25-11-8-17-39-25/h5-11,17,19,24H,3-4,12-16,18,21H2,1-2H3/b28-19-. The summed E-state index contributed by atoms with van der Waals surface area (Å²) in [4.78, 5) is 31.4. The van der Waals surface area contributed by atoms with Gasteiger partial charge in [-0.2, -0.15) is 5.26 Å². The summed E-state index contributed by atoms with van der Waals surface area (Å²) in [5.74, 6) is 1.81. The van der Waals surface area contributed by atoms with Gasteiger partial charge in [0.05, 0.1) is 17.7 Å². The van der Waals surface area contributed by atoms with Crippen molar-refractivity contribution in [3.63, 3.8) is 0 Å². The van der Waals surface area contributed by atoms with Gasteiger partial charge >= 0.3 is 0 Å². The Hall–Kier alpha value is -3.61. The van der Waals surface area contributed by atoms with E-state index in [0.717, 1.165) is 56.6 Å². The van der Waals surface area contributed by atoms with Gasteiger partial charge in [0.2, 0.25) is 0 Å². The first-order valence-corrected chi connectivity index (χ1v) is 15.4. The van der Waals surface area contributed by atoms with E-state index in [2.05, 4.69) is 42.2 Å². The van der Waals surface area contributed by atoms with Crippen LogP contribution in [0.3, 0.4) is 0 Å². The van der Waals surface area contributed by atoms with Gasteiger partial charge in [-0.25, -0.2) is 0 Å². The lowest BCUT2D eigenvalue weighted by Crippen LogP contribution is -2.40. The van der Waals surface area contributed by atoms with Gasteiger partial charge in [-0.05, 0) is 67.9 Å². The fourth-order valence-electron chi connectivity index (χ4n) is 5.63. The number of carbonyl (C=O) groups is 1. The van der Waals surface area contributed by atoms with Crippen molar-refractivity contribution in [2.45, 2.75) is 59.0 Å². The van der Waals surface area contributed by atoms with Gasteiger partial charge in [0.15, 0.2) is 0 Å². The van der Waals surface area contributed by atoms with E-state index in [9.17, 15) is 14.9 Å². The molecule has 2 aromatic heterocycles. The van der Waals surface area contributed by atoms with Crippen molar-refractivity contribution in [1.82, 2.24) is 9.47 Å². The summed E-state index contributed by atoms with van der Waals surface area (Å²) in [6, 6.07) is 16.3. The summed E-state index contributed by atoms with van der Waals surface area (Å²) in [5.41, 5.74) is 2.56. The zero-order valence-corrected chi connectivity index (χ0v) is 25.1. The van der Waals surface area contributed by atoms with Gasteiger partial charge in [0.1, 0.15) is 27.5 Å². The number of benzene rings is 1. The lowest BCUT2D eigenvalue weighted by atomic mass is 9.90. The first-order valence-electron chi connectivity index (χ1n) is 14.1. The van der Waals surface area contributed by atoms with Crippen LogP contribution >= 0.6 is 24.0 Å². The molecule has 2 fully saturated rings. The molecule has 0 saturated carbocycles. The predicted molar refractivity (Wildman–Crippen MR) is 168 cm³/mol. The highest BCUT2D eigenvalue weighted by Crippen LogP contribution is 2.37. The molecule has 0 unspecified atom stereocenters. The Balaban J connectivity index is 1.51. The van der Waals surface area contributed by atoms with Gasteiger partial charge in [0.25, 0.3) is 11.5 Å². The van der Waals surface area contributed by atoms with E-state index < -0.39 is 0 Å². The number of aromatic nitrogens is 1. The number of pyridine rings is 1. The number of thioether (sulfide) groups is 1. The van der Waals surface area contributed by atoms with Crippen molar-refractivity contribution in [3.8, 4) is 6.07 Å². The third kappa shape index (κ3) is 6.19.